The summed E-state index contributed by atoms with van der Waals surface area (Å²) < 4.78 is 1.99. The van der Waals surface area contributed by atoms with Crippen LogP contribution in [0.5, 0.6) is 0 Å². The first-order valence-corrected chi connectivity index (χ1v) is 11.2. The van der Waals surface area contributed by atoms with Crippen LogP contribution >= 0.6 is 11.8 Å². The van der Waals surface area contributed by atoms with Crippen LogP contribution in [0.1, 0.15) is 29.3 Å². The van der Waals surface area contributed by atoms with Crippen LogP contribution in [-0.2, 0) is 6.54 Å². The van der Waals surface area contributed by atoms with Crippen LogP contribution in [0.2, 0.25) is 0 Å². The zero-order valence-electron chi connectivity index (χ0n) is 17.9. The van der Waals surface area contributed by atoms with Gasteiger partial charge in [-0.05, 0) is 62.2 Å². The molecule has 0 spiro atoms. The van der Waals surface area contributed by atoms with Gasteiger partial charge in [-0.1, -0.05) is 35.5 Å². The molecule has 2 heterocycles. The number of thioether (sulfide) groups is 1. The Bertz CT molecular complexity index is 1330. The van der Waals surface area contributed by atoms with Crippen LogP contribution in [0.3, 0.4) is 0 Å². The molecule has 0 bridgehead atoms. The Morgan fingerprint density at radius 2 is 2.00 bits per heavy atom. The second-order valence-electron chi connectivity index (χ2n) is 8.42. The van der Waals surface area contributed by atoms with Crippen molar-refractivity contribution in [1.82, 2.24) is 9.55 Å². The summed E-state index contributed by atoms with van der Waals surface area (Å²) in [7, 11) is 0. The molecule has 1 atom stereocenters. The summed E-state index contributed by atoms with van der Waals surface area (Å²) in [6.45, 7) is 4.89. The van der Waals surface area contributed by atoms with E-state index in [1.165, 1.54) is 11.1 Å². The first kappa shape index (κ1) is 20.4. The van der Waals surface area contributed by atoms with Crippen molar-refractivity contribution in [2.24, 2.45) is 16.5 Å². The monoisotopic (exact) mass is 444 g/mol. The number of aryl methyl sites for hydroxylation is 1. The fourth-order valence-corrected chi connectivity index (χ4v) is 5.27. The second-order valence-corrected chi connectivity index (χ2v) is 9.94. The number of amides is 1. The standard InChI is InChI=1S/C24H24N6OS/c1-14-3-7-17(8-4-14)27-23-28-18-11-16(21(25)31)6-9-19(18)30(23)13-15-5-10-20-24(2,12-15)32-22(26)29-20/h3-11H,12-13H2,1-2H3,(H2,25,31)(H2,26,29)(H,27,28). The highest BCUT2D eigenvalue weighted by Gasteiger charge is 2.38. The van der Waals surface area contributed by atoms with E-state index in [1.54, 1.807) is 23.9 Å². The van der Waals surface area contributed by atoms with Crippen molar-refractivity contribution in [3.8, 4) is 0 Å². The number of primary amides is 1. The number of anilines is 2. The predicted octanol–water partition coefficient (Wildman–Crippen LogP) is 4.22. The number of aromatic nitrogens is 2. The molecule has 0 saturated carbocycles. The maximum Gasteiger partial charge on any atom is 0.248 e. The molecule has 2 aromatic carbocycles. The molecule has 1 amide bonds. The summed E-state index contributed by atoms with van der Waals surface area (Å²) in [6, 6.07) is 13.6. The summed E-state index contributed by atoms with van der Waals surface area (Å²) in [6.07, 6.45) is 5.03. The van der Waals surface area contributed by atoms with Crippen molar-refractivity contribution in [1.29, 1.82) is 0 Å². The minimum atomic E-state index is -0.467. The maximum absolute atomic E-state index is 11.7. The molecule has 1 aliphatic carbocycles. The molecule has 1 unspecified atom stereocenters. The fraction of sp³-hybridized carbons (Fsp3) is 0.208. The van der Waals surface area contributed by atoms with Crippen molar-refractivity contribution < 1.29 is 4.79 Å². The lowest BCUT2D eigenvalue weighted by atomic mass is 9.92. The molecule has 5 rings (SSSR count). The van der Waals surface area contributed by atoms with Gasteiger partial charge in [0.15, 0.2) is 5.17 Å². The summed E-state index contributed by atoms with van der Waals surface area (Å²) in [5, 5.41) is 4.05. The van der Waals surface area contributed by atoms with Crippen molar-refractivity contribution in [3.63, 3.8) is 0 Å². The van der Waals surface area contributed by atoms with Gasteiger partial charge in [0.2, 0.25) is 11.9 Å². The number of amidine groups is 1. The van der Waals surface area contributed by atoms with Crippen LogP contribution in [0.25, 0.3) is 11.0 Å². The van der Waals surface area contributed by atoms with Gasteiger partial charge in [0.25, 0.3) is 0 Å². The fourth-order valence-electron chi connectivity index (χ4n) is 4.19. The first-order chi connectivity index (χ1) is 15.3. The first-order valence-electron chi connectivity index (χ1n) is 10.4. The average Bonchev–Trinajstić information content (AvgIpc) is 3.24. The lowest BCUT2D eigenvalue weighted by Crippen LogP contribution is -2.25. The summed E-state index contributed by atoms with van der Waals surface area (Å²) in [5.41, 5.74) is 18.0. The van der Waals surface area contributed by atoms with Gasteiger partial charge < -0.3 is 21.4 Å². The molecule has 2 aliphatic rings. The van der Waals surface area contributed by atoms with Crippen molar-refractivity contribution in [2.75, 3.05) is 5.32 Å². The largest absolute Gasteiger partial charge is 0.378 e. The molecule has 32 heavy (non-hydrogen) atoms. The number of benzene rings is 2. The molecule has 7 nitrogen and oxygen atoms in total. The molecule has 8 heteroatoms. The molecule has 1 aromatic heterocycles. The van der Waals surface area contributed by atoms with Crippen LogP contribution in [-0.4, -0.2) is 25.4 Å². The number of nitrogens with zero attached hydrogens (tertiary/aromatic N) is 3. The minimum absolute atomic E-state index is 0.145. The smallest absolute Gasteiger partial charge is 0.248 e. The molecule has 1 aliphatic heterocycles. The number of allylic oxidation sites excluding steroid dienone is 3. The maximum atomic E-state index is 11.7. The van der Waals surface area contributed by atoms with E-state index >= 15 is 0 Å². The molecule has 0 saturated heterocycles. The number of aliphatic imine (C=N–C) groups is 1. The number of rotatable bonds is 5. The Labute approximate surface area is 190 Å². The van der Waals surface area contributed by atoms with E-state index in [9.17, 15) is 4.79 Å². The van der Waals surface area contributed by atoms with E-state index in [4.69, 9.17) is 16.5 Å². The Hall–Kier alpha value is -3.52. The number of nitrogens with two attached hydrogens (primary N) is 2. The Morgan fingerprint density at radius 3 is 2.75 bits per heavy atom. The van der Waals surface area contributed by atoms with Crippen molar-refractivity contribution >= 4 is 45.5 Å². The van der Waals surface area contributed by atoms with Gasteiger partial charge in [0.1, 0.15) is 0 Å². The topological polar surface area (TPSA) is 111 Å². The molecule has 0 radical (unpaired) electrons. The minimum Gasteiger partial charge on any atom is -0.378 e. The van der Waals surface area contributed by atoms with Crippen LogP contribution in [0, 0.1) is 6.92 Å². The molecular formula is C24H24N6OS. The number of fused-ring (bicyclic) bond motifs is 2. The summed E-state index contributed by atoms with van der Waals surface area (Å²) >= 11 is 1.61. The number of carbonyl (C=O) groups excluding carboxylic acids is 1. The van der Waals surface area contributed by atoms with E-state index in [-0.39, 0.29) is 4.75 Å². The van der Waals surface area contributed by atoms with Gasteiger partial charge >= 0.3 is 0 Å². The van der Waals surface area contributed by atoms with Crippen molar-refractivity contribution in [3.05, 3.63) is 77.0 Å². The Balaban J connectivity index is 1.54. The number of hydrogen-bond donors (Lipinski definition) is 3. The Morgan fingerprint density at radius 1 is 1.22 bits per heavy atom. The van der Waals surface area contributed by atoms with E-state index in [1.807, 2.05) is 18.2 Å². The van der Waals surface area contributed by atoms with E-state index < -0.39 is 5.91 Å². The highest BCUT2D eigenvalue weighted by molar-refractivity contribution is 8.15. The second kappa shape index (κ2) is 7.56. The quantitative estimate of drug-likeness (QED) is 0.545. The third-order valence-electron chi connectivity index (χ3n) is 5.85. The SMILES string of the molecule is Cc1ccc(Nc2nc3cc(C(N)=O)ccc3n2CC2=CC=C3N=C(N)SC3(C)C2)cc1. The molecule has 0 fully saturated rings. The molecule has 5 N–H and O–H groups in total. The molecule has 3 aromatic rings. The highest BCUT2D eigenvalue weighted by atomic mass is 32.2. The number of nitrogens with one attached hydrogen (secondary N) is 1. The summed E-state index contributed by atoms with van der Waals surface area (Å²) in [5.74, 6) is 0.243. The van der Waals surface area contributed by atoms with E-state index in [2.05, 4.69) is 53.0 Å². The summed E-state index contributed by atoms with van der Waals surface area (Å²) in [4.78, 5) is 20.9. The predicted molar refractivity (Wildman–Crippen MR) is 131 cm³/mol. The van der Waals surface area contributed by atoms with Gasteiger partial charge in [-0.2, -0.15) is 0 Å². The Kier molecular flexibility index (Phi) is 4.82. The average molecular weight is 445 g/mol. The normalized spacial score (nSPS) is 19.9. The van der Waals surface area contributed by atoms with Crippen LogP contribution < -0.4 is 16.8 Å². The number of carbonyl (C=O) groups is 1. The number of imidazole rings is 1. The highest BCUT2D eigenvalue weighted by Crippen LogP contribution is 2.46. The van der Waals surface area contributed by atoms with Gasteiger partial charge in [-0.15, -0.1) is 0 Å². The third-order valence-corrected chi connectivity index (χ3v) is 6.95. The lowest BCUT2D eigenvalue weighted by Gasteiger charge is -2.28. The van der Waals surface area contributed by atoms with Crippen LogP contribution in [0.4, 0.5) is 11.6 Å². The van der Waals surface area contributed by atoms with E-state index in [0.29, 0.717) is 23.2 Å². The van der Waals surface area contributed by atoms with Gasteiger partial charge in [-0.25, -0.2) is 9.98 Å². The molecular weight excluding hydrogens is 420 g/mol. The van der Waals surface area contributed by atoms with Gasteiger partial charge in [0, 0.05) is 17.8 Å². The van der Waals surface area contributed by atoms with Gasteiger partial charge in [0.05, 0.1) is 21.5 Å². The van der Waals surface area contributed by atoms with Crippen LogP contribution in [0.15, 0.2) is 70.9 Å². The zero-order chi connectivity index (χ0) is 22.5. The van der Waals surface area contributed by atoms with E-state index in [0.717, 1.165) is 28.8 Å². The third kappa shape index (κ3) is 3.67. The number of hydrogen-bond acceptors (Lipinski definition) is 6. The zero-order valence-corrected chi connectivity index (χ0v) is 18.7. The molecule has 162 valence electrons. The van der Waals surface area contributed by atoms with Crippen molar-refractivity contribution in [2.45, 2.75) is 31.6 Å². The lowest BCUT2D eigenvalue weighted by molar-refractivity contribution is 0.100. The van der Waals surface area contributed by atoms with Gasteiger partial charge in [-0.3, -0.25) is 4.79 Å².